The number of hydrogen-bond acceptors (Lipinski definition) is 3. The van der Waals surface area contributed by atoms with Crippen molar-refractivity contribution in [2.75, 3.05) is 7.11 Å². The largest absolute Gasteiger partial charge is 0.502 e. The number of aliphatic carboxylic acids is 1. The molecule has 0 atom stereocenters. The zero-order chi connectivity index (χ0) is 10.6. The van der Waals surface area contributed by atoms with Crippen LogP contribution in [-0.2, 0) is 4.79 Å². The van der Waals surface area contributed by atoms with E-state index in [1.54, 1.807) is 24.3 Å². The third-order valence-corrected chi connectivity index (χ3v) is 1.65. The summed E-state index contributed by atoms with van der Waals surface area (Å²) in [6, 6.07) is 6.82. The predicted octanol–water partition coefficient (Wildman–Crippen LogP) is 1.68. The van der Waals surface area contributed by atoms with Gasteiger partial charge in [-0.25, -0.2) is 4.79 Å². The number of carboxylic acid groups (broad SMARTS) is 1. The molecule has 0 aliphatic carbocycles. The van der Waals surface area contributed by atoms with Gasteiger partial charge in [0.25, 0.3) is 0 Å². The number of carbonyl (C=O) groups is 1. The minimum atomic E-state index is -1.36. The maximum atomic E-state index is 10.3. The molecule has 0 heterocycles. The molecule has 4 nitrogen and oxygen atoms in total. The standard InChI is InChI=1S/C10H10O4/c1-14-9-5-3-2-4-7(9)6-8(11)10(12)13/h2-6,11H,1H3,(H,12,13)/b8-6-. The molecule has 4 heteroatoms. The Kier molecular flexibility index (Phi) is 3.12. The molecule has 2 N–H and O–H groups in total. The van der Waals surface area contributed by atoms with Gasteiger partial charge in [-0.05, 0) is 12.1 Å². The normalized spacial score (nSPS) is 11.1. The monoisotopic (exact) mass is 194 g/mol. The van der Waals surface area contributed by atoms with Crippen molar-refractivity contribution in [3.05, 3.63) is 35.6 Å². The van der Waals surface area contributed by atoms with E-state index in [1.807, 2.05) is 0 Å². The van der Waals surface area contributed by atoms with Gasteiger partial charge >= 0.3 is 5.97 Å². The molecule has 0 radical (unpaired) electrons. The van der Waals surface area contributed by atoms with Gasteiger partial charge in [-0.2, -0.15) is 0 Å². The van der Waals surface area contributed by atoms with Crippen LogP contribution in [0.15, 0.2) is 30.0 Å². The lowest BCUT2D eigenvalue weighted by molar-refractivity contribution is -0.135. The van der Waals surface area contributed by atoms with Crippen LogP contribution in [-0.4, -0.2) is 23.3 Å². The Hall–Kier alpha value is -1.97. The third kappa shape index (κ3) is 2.26. The summed E-state index contributed by atoms with van der Waals surface area (Å²) in [4.78, 5) is 10.3. The second-order valence-corrected chi connectivity index (χ2v) is 2.58. The maximum Gasteiger partial charge on any atom is 0.370 e. The number of benzene rings is 1. The Labute approximate surface area is 81.1 Å². The van der Waals surface area contributed by atoms with Crippen LogP contribution in [0.4, 0.5) is 0 Å². The lowest BCUT2D eigenvalue weighted by Crippen LogP contribution is -1.98. The Morgan fingerprint density at radius 3 is 2.57 bits per heavy atom. The van der Waals surface area contributed by atoms with Crippen LogP contribution in [0.25, 0.3) is 6.08 Å². The van der Waals surface area contributed by atoms with Crippen molar-refractivity contribution in [1.29, 1.82) is 0 Å². The van der Waals surface area contributed by atoms with Crippen LogP contribution in [0.1, 0.15) is 5.56 Å². The van der Waals surface area contributed by atoms with Gasteiger partial charge in [0.05, 0.1) is 7.11 Å². The summed E-state index contributed by atoms with van der Waals surface area (Å²) >= 11 is 0. The van der Waals surface area contributed by atoms with Gasteiger partial charge in [0, 0.05) is 5.56 Å². The van der Waals surface area contributed by atoms with Crippen LogP contribution in [0, 0.1) is 0 Å². The fourth-order valence-corrected chi connectivity index (χ4v) is 0.995. The highest BCUT2D eigenvalue weighted by atomic mass is 16.5. The quantitative estimate of drug-likeness (QED) is 0.567. The van der Waals surface area contributed by atoms with Crippen molar-refractivity contribution in [2.24, 2.45) is 0 Å². The molecule has 0 unspecified atom stereocenters. The molecule has 1 aromatic rings. The third-order valence-electron chi connectivity index (χ3n) is 1.65. The lowest BCUT2D eigenvalue weighted by Gasteiger charge is -2.03. The highest BCUT2D eigenvalue weighted by Gasteiger charge is 2.05. The first-order valence-electron chi connectivity index (χ1n) is 3.92. The number of ether oxygens (including phenoxy) is 1. The van der Waals surface area contributed by atoms with Crippen LogP contribution < -0.4 is 4.74 Å². The van der Waals surface area contributed by atoms with E-state index in [-0.39, 0.29) is 0 Å². The van der Waals surface area contributed by atoms with Crippen molar-refractivity contribution < 1.29 is 19.7 Å². The number of methoxy groups -OCH3 is 1. The molecular formula is C10H10O4. The molecule has 74 valence electrons. The maximum absolute atomic E-state index is 10.3. The average molecular weight is 194 g/mol. The van der Waals surface area contributed by atoms with Crippen LogP contribution in [0.2, 0.25) is 0 Å². The summed E-state index contributed by atoms with van der Waals surface area (Å²) in [5.41, 5.74) is 0.523. The van der Waals surface area contributed by atoms with E-state index in [4.69, 9.17) is 14.9 Å². The molecule has 14 heavy (non-hydrogen) atoms. The zero-order valence-corrected chi connectivity index (χ0v) is 7.60. The fourth-order valence-electron chi connectivity index (χ4n) is 0.995. The summed E-state index contributed by atoms with van der Waals surface area (Å²) in [7, 11) is 1.48. The van der Waals surface area contributed by atoms with Gasteiger partial charge in [0.1, 0.15) is 5.75 Å². The van der Waals surface area contributed by atoms with E-state index in [1.165, 1.54) is 7.11 Å². The van der Waals surface area contributed by atoms with E-state index >= 15 is 0 Å². The first-order chi connectivity index (χ1) is 6.65. The Bertz CT molecular complexity index is 368. The van der Waals surface area contributed by atoms with E-state index in [0.29, 0.717) is 11.3 Å². The number of rotatable bonds is 3. The molecule has 0 bridgehead atoms. The van der Waals surface area contributed by atoms with Crippen molar-refractivity contribution >= 4 is 12.0 Å². The highest BCUT2D eigenvalue weighted by molar-refractivity contribution is 5.89. The topological polar surface area (TPSA) is 66.8 Å². The molecule has 0 fully saturated rings. The summed E-state index contributed by atoms with van der Waals surface area (Å²) < 4.78 is 4.98. The molecule has 0 saturated carbocycles. The molecule has 0 spiro atoms. The second-order valence-electron chi connectivity index (χ2n) is 2.58. The van der Waals surface area contributed by atoms with Crippen molar-refractivity contribution in [2.45, 2.75) is 0 Å². The first kappa shape index (κ1) is 10.1. The Balaban J connectivity index is 3.07. The molecule has 0 amide bonds. The van der Waals surface area contributed by atoms with Crippen molar-refractivity contribution in [1.82, 2.24) is 0 Å². The van der Waals surface area contributed by atoms with Gasteiger partial charge in [-0.15, -0.1) is 0 Å². The second kappa shape index (κ2) is 4.32. The summed E-state index contributed by atoms with van der Waals surface area (Å²) in [6.45, 7) is 0. The fraction of sp³-hybridized carbons (Fsp3) is 0.100. The van der Waals surface area contributed by atoms with Gasteiger partial charge in [-0.3, -0.25) is 0 Å². The zero-order valence-electron chi connectivity index (χ0n) is 7.60. The SMILES string of the molecule is COc1ccccc1/C=C(\O)C(=O)O. The molecule has 0 aliphatic heterocycles. The van der Waals surface area contributed by atoms with Gasteiger partial charge in [0.2, 0.25) is 5.76 Å². The number of aliphatic hydroxyl groups is 1. The molecule has 1 rings (SSSR count). The summed E-state index contributed by atoms with van der Waals surface area (Å²) in [5.74, 6) is -1.56. The number of aliphatic hydroxyl groups excluding tert-OH is 1. The highest BCUT2D eigenvalue weighted by Crippen LogP contribution is 2.19. The minimum absolute atomic E-state index is 0.514. The number of hydrogen-bond donors (Lipinski definition) is 2. The Morgan fingerprint density at radius 2 is 2.00 bits per heavy atom. The predicted molar refractivity (Wildman–Crippen MR) is 51.2 cm³/mol. The van der Waals surface area contributed by atoms with Gasteiger partial charge in [-0.1, -0.05) is 18.2 Å². The molecule has 0 saturated heterocycles. The van der Waals surface area contributed by atoms with Crippen molar-refractivity contribution in [3.8, 4) is 5.75 Å². The summed E-state index contributed by atoms with van der Waals surface area (Å²) in [6.07, 6.45) is 1.14. The van der Waals surface area contributed by atoms with E-state index < -0.39 is 11.7 Å². The molecular weight excluding hydrogens is 184 g/mol. The van der Waals surface area contributed by atoms with E-state index in [0.717, 1.165) is 6.08 Å². The number of carboxylic acids is 1. The lowest BCUT2D eigenvalue weighted by atomic mass is 10.2. The smallest absolute Gasteiger partial charge is 0.370 e. The van der Waals surface area contributed by atoms with Gasteiger partial charge in [0.15, 0.2) is 0 Å². The first-order valence-corrected chi connectivity index (χ1v) is 3.92. The number of para-hydroxylation sites is 1. The molecule has 0 aliphatic rings. The van der Waals surface area contributed by atoms with E-state index in [2.05, 4.69) is 0 Å². The molecule has 1 aromatic carbocycles. The minimum Gasteiger partial charge on any atom is -0.502 e. The Morgan fingerprint density at radius 1 is 1.36 bits per heavy atom. The van der Waals surface area contributed by atoms with Crippen LogP contribution >= 0.6 is 0 Å². The molecule has 0 aromatic heterocycles. The van der Waals surface area contributed by atoms with Crippen molar-refractivity contribution in [3.63, 3.8) is 0 Å². The summed E-state index contributed by atoms with van der Waals surface area (Å²) in [5, 5.41) is 17.5. The van der Waals surface area contributed by atoms with E-state index in [9.17, 15) is 4.79 Å². The average Bonchev–Trinajstić information content (AvgIpc) is 2.18. The van der Waals surface area contributed by atoms with Crippen LogP contribution in [0.5, 0.6) is 5.75 Å². The van der Waals surface area contributed by atoms with Crippen LogP contribution in [0.3, 0.4) is 0 Å². The van der Waals surface area contributed by atoms with Gasteiger partial charge < -0.3 is 14.9 Å².